The fourth-order valence-electron chi connectivity index (χ4n) is 2.71. The molecule has 5 nitrogen and oxygen atoms in total. The fraction of sp³-hybridized carbons (Fsp3) is 0.529. The molecule has 0 unspecified atom stereocenters. The molecule has 0 radical (unpaired) electrons. The highest BCUT2D eigenvalue weighted by molar-refractivity contribution is 5.93. The number of carbonyl (C=O) groups is 2. The van der Waals surface area contributed by atoms with Crippen molar-refractivity contribution < 1.29 is 14.3 Å². The summed E-state index contributed by atoms with van der Waals surface area (Å²) in [7, 11) is 1.60. The first-order valence-corrected chi connectivity index (χ1v) is 7.86. The zero-order valence-electron chi connectivity index (χ0n) is 13.3. The van der Waals surface area contributed by atoms with Crippen LogP contribution in [-0.2, 0) is 9.59 Å². The van der Waals surface area contributed by atoms with Gasteiger partial charge in [0, 0.05) is 37.2 Å². The Labute approximate surface area is 131 Å². The quantitative estimate of drug-likeness (QED) is 0.910. The number of rotatable bonds is 5. The Balaban J connectivity index is 1.85. The van der Waals surface area contributed by atoms with Crippen LogP contribution in [0.15, 0.2) is 24.3 Å². The van der Waals surface area contributed by atoms with Crippen molar-refractivity contribution in [3.63, 3.8) is 0 Å². The molecule has 1 fully saturated rings. The van der Waals surface area contributed by atoms with E-state index in [0.717, 1.165) is 30.7 Å². The lowest BCUT2D eigenvalue weighted by Crippen LogP contribution is -2.41. The predicted molar refractivity (Wildman–Crippen MR) is 85.8 cm³/mol. The summed E-state index contributed by atoms with van der Waals surface area (Å²) in [4.78, 5) is 26.0. The summed E-state index contributed by atoms with van der Waals surface area (Å²) in [6, 6.07) is 7.34. The third-order valence-corrected chi connectivity index (χ3v) is 4.02. The highest BCUT2D eigenvalue weighted by Crippen LogP contribution is 2.22. The normalized spacial score (nSPS) is 15.5. The molecular formula is C17H24N2O3. The van der Waals surface area contributed by atoms with Crippen molar-refractivity contribution >= 4 is 17.5 Å². The number of amides is 2. The first kappa shape index (κ1) is 16.3. The van der Waals surface area contributed by atoms with E-state index in [4.69, 9.17) is 4.74 Å². The number of benzene rings is 1. The van der Waals surface area contributed by atoms with Gasteiger partial charge in [-0.1, -0.05) is 13.0 Å². The second-order valence-corrected chi connectivity index (χ2v) is 5.63. The van der Waals surface area contributed by atoms with Gasteiger partial charge in [0.05, 0.1) is 7.11 Å². The minimum atomic E-state index is -0.0307. The maximum Gasteiger partial charge on any atom is 0.227 e. The zero-order chi connectivity index (χ0) is 15.9. The van der Waals surface area contributed by atoms with Crippen molar-refractivity contribution in [3.8, 4) is 5.75 Å². The van der Waals surface area contributed by atoms with Crippen LogP contribution >= 0.6 is 0 Å². The summed E-state index contributed by atoms with van der Waals surface area (Å²) in [5, 5.41) is 2.93. The number of nitrogens with zero attached hydrogens (tertiary/aromatic N) is 1. The fourth-order valence-corrected chi connectivity index (χ4v) is 2.71. The third kappa shape index (κ3) is 4.23. The summed E-state index contributed by atoms with van der Waals surface area (Å²) in [5.74, 6) is 0.916. The Morgan fingerprint density at radius 3 is 2.68 bits per heavy atom. The first-order valence-electron chi connectivity index (χ1n) is 7.86. The molecule has 1 saturated heterocycles. The van der Waals surface area contributed by atoms with Gasteiger partial charge in [-0.15, -0.1) is 0 Å². The molecule has 2 amide bonds. The number of methoxy groups -OCH3 is 1. The number of nitrogens with one attached hydrogen (secondary N) is 1. The van der Waals surface area contributed by atoms with Crippen molar-refractivity contribution in [3.05, 3.63) is 24.3 Å². The van der Waals surface area contributed by atoms with Crippen molar-refractivity contribution in [2.24, 2.45) is 5.92 Å². The lowest BCUT2D eigenvalue weighted by Gasteiger charge is -2.31. The van der Waals surface area contributed by atoms with Gasteiger partial charge in [-0.2, -0.15) is 0 Å². The topological polar surface area (TPSA) is 58.6 Å². The molecule has 120 valence electrons. The second kappa shape index (κ2) is 7.82. The Kier molecular flexibility index (Phi) is 5.81. The number of hydrogen-bond acceptors (Lipinski definition) is 3. The Morgan fingerprint density at radius 1 is 1.32 bits per heavy atom. The van der Waals surface area contributed by atoms with Crippen molar-refractivity contribution in [2.75, 3.05) is 25.5 Å². The maximum absolute atomic E-state index is 12.3. The molecule has 0 bridgehead atoms. The monoisotopic (exact) mass is 304 g/mol. The van der Waals surface area contributed by atoms with E-state index in [9.17, 15) is 9.59 Å². The van der Waals surface area contributed by atoms with Gasteiger partial charge in [-0.05, 0) is 31.4 Å². The molecule has 0 spiro atoms. The average Bonchev–Trinajstić information content (AvgIpc) is 2.55. The van der Waals surface area contributed by atoms with Crippen molar-refractivity contribution in [1.29, 1.82) is 0 Å². The van der Waals surface area contributed by atoms with Gasteiger partial charge in [0.2, 0.25) is 11.8 Å². The van der Waals surface area contributed by atoms with Gasteiger partial charge in [-0.3, -0.25) is 9.59 Å². The summed E-state index contributed by atoms with van der Waals surface area (Å²) in [6.45, 7) is 3.36. The van der Waals surface area contributed by atoms with E-state index < -0.39 is 0 Å². The van der Waals surface area contributed by atoms with E-state index in [1.165, 1.54) is 0 Å². The third-order valence-electron chi connectivity index (χ3n) is 4.02. The molecule has 0 saturated carbocycles. The van der Waals surface area contributed by atoms with Crippen LogP contribution in [0.5, 0.6) is 5.75 Å². The molecule has 1 aromatic carbocycles. The van der Waals surface area contributed by atoms with Gasteiger partial charge < -0.3 is 15.0 Å². The second-order valence-electron chi connectivity index (χ2n) is 5.63. The zero-order valence-corrected chi connectivity index (χ0v) is 13.3. The molecule has 0 aromatic heterocycles. The molecule has 5 heteroatoms. The molecule has 1 heterocycles. The van der Waals surface area contributed by atoms with Crippen LogP contribution in [0.2, 0.25) is 0 Å². The number of ether oxygens (including phenoxy) is 1. The Bertz CT molecular complexity index is 522. The van der Waals surface area contributed by atoms with Crippen LogP contribution in [0.4, 0.5) is 5.69 Å². The van der Waals surface area contributed by atoms with E-state index in [-0.39, 0.29) is 17.7 Å². The summed E-state index contributed by atoms with van der Waals surface area (Å²) in [5.41, 5.74) is 0.744. The number of piperidine rings is 1. The smallest absolute Gasteiger partial charge is 0.227 e. The lowest BCUT2D eigenvalue weighted by atomic mass is 9.95. The highest BCUT2D eigenvalue weighted by Gasteiger charge is 2.26. The average molecular weight is 304 g/mol. The molecule has 2 rings (SSSR count). The molecule has 0 aliphatic carbocycles. The van der Waals surface area contributed by atoms with Crippen LogP contribution in [0.25, 0.3) is 0 Å². The van der Waals surface area contributed by atoms with Crippen LogP contribution in [0, 0.1) is 5.92 Å². The maximum atomic E-state index is 12.3. The highest BCUT2D eigenvalue weighted by atomic mass is 16.5. The van der Waals surface area contributed by atoms with Crippen molar-refractivity contribution in [1.82, 2.24) is 4.90 Å². The molecule has 1 aliphatic rings. The largest absolute Gasteiger partial charge is 0.497 e. The first-order chi connectivity index (χ1) is 10.6. The summed E-state index contributed by atoms with van der Waals surface area (Å²) >= 11 is 0. The molecule has 22 heavy (non-hydrogen) atoms. The molecule has 1 N–H and O–H groups in total. The van der Waals surface area contributed by atoms with E-state index in [0.29, 0.717) is 19.5 Å². The van der Waals surface area contributed by atoms with Gasteiger partial charge in [-0.25, -0.2) is 0 Å². The molecule has 1 aliphatic heterocycles. The van der Waals surface area contributed by atoms with Gasteiger partial charge in [0.15, 0.2) is 0 Å². The SMILES string of the molecule is CCCC(=O)N1CCC(C(=O)Nc2cccc(OC)c2)CC1. The molecular weight excluding hydrogens is 280 g/mol. The standard InChI is InChI=1S/C17H24N2O3/c1-3-5-16(20)19-10-8-13(9-11-19)17(21)18-14-6-4-7-15(12-14)22-2/h4,6-7,12-13H,3,5,8-11H2,1-2H3,(H,18,21). The van der Waals surface area contributed by atoms with E-state index in [1.807, 2.05) is 30.0 Å². The van der Waals surface area contributed by atoms with E-state index >= 15 is 0 Å². The van der Waals surface area contributed by atoms with E-state index in [1.54, 1.807) is 13.2 Å². The van der Waals surface area contributed by atoms with Gasteiger partial charge >= 0.3 is 0 Å². The van der Waals surface area contributed by atoms with E-state index in [2.05, 4.69) is 5.32 Å². The van der Waals surface area contributed by atoms with Gasteiger partial charge in [0.1, 0.15) is 5.75 Å². The van der Waals surface area contributed by atoms with Crippen LogP contribution in [0.3, 0.4) is 0 Å². The predicted octanol–water partition coefficient (Wildman–Crippen LogP) is 2.67. The Morgan fingerprint density at radius 2 is 2.05 bits per heavy atom. The molecule has 1 aromatic rings. The minimum absolute atomic E-state index is 0.0239. The number of likely N-dealkylation sites (tertiary alicyclic amines) is 1. The molecule has 0 atom stereocenters. The van der Waals surface area contributed by atoms with Gasteiger partial charge in [0.25, 0.3) is 0 Å². The van der Waals surface area contributed by atoms with Crippen LogP contribution < -0.4 is 10.1 Å². The number of anilines is 1. The van der Waals surface area contributed by atoms with Crippen molar-refractivity contribution in [2.45, 2.75) is 32.6 Å². The number of hydrogen-bond donors (Lipinski definition) is 1. The lowest BCUT2D eigenvalue weighted by molar-refractivity contribution is -0.134. The van der Waals surface area contributed by atoms with Crippen LogP contribution in [0.1, 0.15) is 32.6 Å². The Hall–Kier alpha value is -2.04. The summed E-state index contributed by atoms with van der Waals surface area (Å²) in [6.07, 6.45) is 2.92. The van der Waals surface area contributed by atoms with Crippen LogP contribution in [-0.4, -0.2) is 36.9 Å². The minimum Gasteiger partial charge on any atom is -0.497 e. The summed E-state index contributed by atoms with van der Waals surface area (Å²) < 4.78 is 5.15. The number of carbonyl (C=O) groups excluding carboxylic acids is 2.